The molecule has 5 atom stereocenters. The third-order valence-corrected chi connectivity index (χ3v) is 8.85. The lowest BCUT2D eigenvalue weighted by atomic mass is 9.76. The molecule has 4 aliphatic rings. The molecular weight excluding hydrogens is 448 g/mol. The molecule has 9 nitrogen and oxygen atoms in total. The van der Waals surface area contributed by atoms with Gasteiger partial charge in [0.1, 0.15) is 5.70 Å². The highest BCUT2D eigenvalue weighted by Gasteiger charge is 2.60. The number of β-lactam (4-membered cyclic amide) rings is 1. The summed E-state index contributed by atoms with van der Waals surface area (Å²) in [5, 5.41) is 12.8. The second-order valence-electron chi connectivity index (χ2n) is 9.82. The van der Waals surface area contributed by atoms with E-state index in [2.05, 4.69) is 5.32 Å². The molecule has 0 aromatic heterocycles. The summed E-state index contributed by atoms with van der Waals surface area (Å²) in [7, 11) is 0. The number of thioether (sulfide) groups is 1. The fourth-order valence-corrected chi connectivity index (χ4v) is 6.83. The number of esters is 2. The van der Waals surface area contributed by atoms with Crippen LogP contribution in [0.15, 0.2) is 10.6 Å². The quantitative estimate of drug-likeness (QED) is 0.321. The Labute approximate surface area is 197 Å². The van der Waals surface area contributed by atoms with E-state index in [0.717, 1.165) is 32.1 Å². The predicted molar refractivity (Wildman–Crippen MR) is 119 cm³/mol. The van der Waals surface area contributed by atoms with E-state index in [1.54, 1.807) is 6.92 Å². The Bertz CT molecular complexity index is 880. The Kier molecular flexibility index (Phi) is 6.77. The average Bonchev–Trinajstić information content (AvgIpc) is 3.27. The van der Waals surface area contributed by atoms with Gasteiger partial charge in [-0.25, -0.2) is 4.79 Å². The second-order valence-corrected chi connectivity index (χ2v) is 11.2. The number of nitrogens with zero attached hydrogens (tertiary/aromatic N) is 1. The minimum atomic E-state index is -0.838. The Morgan fingerprint density at radius 3 is 2.55 bits per heavy atom. The van der Waals surface area contributed by atoms with Crippen LogP contribution in [0.5, 0.6) is 0 Å². The summed E-state index contributed by atoms with van der Waals surface area (Å²) < 4.78 is 10.6. The third kappa shape index (κ3) is 4.39. The number of aliphatic hydroxyl groups excluding tert-OH is 1. The maximum absolute atomic E-state index is 13.1. The number of fused-ring (bicyclic) bond motifs is 1. The zero-order valence-electron chi connectivity index (χ0n) is 19.3. The first-order valence-electron chi connectivity index (χ1n) is 11.7. The Hall–Kier alpha value is -2.07. The van der Waals surface area contributed by atoms with Crippen molar-refractivity contribution < 1.29 is 33.8 Å². The molecular formula is C23H32N2O7S. The summed E-state index contributed by atoms with van der Waals surface area (Å²) in [4.78, 5) is 52.1. The monoisotopic (exact) mass is 480 g/mol. The van der Waals surface area contributed by atoms with Crippen LogP contribution in [0.1, 0.15) is 59.3 Å². The summed E-state index contributed by atoms with van der Waals surface area (Å²) >= 11 is 1.40. The highest BCUT2D eigenvalue weighted by atomic mass is 32.2. The number of carbonyl (C=O) groups is 4. The molecule has 3 fully saturated rings. The van der Waals surface area contributed by atoms with Gasteiger partial charge in [0.2, 0.25) is 18.6 Å². The number of aliphatic hydroxyl groups is 1. The van der Waals surface area contributed by atoms with Crippen LogP contribution in [0.4, 0.5) is 0 Å². The third-order valence-electron chi connectivity index (χ3n) is 7.37. The van der Waals surface area contributed by atoms with Gasteiger partial charge >= 0.3 is 11.9 Å². The predicted octanol–water partition coefficient (Wildman–Crippen LogP) is 1.69. The Morgan fingerprint density at radius 2 is 1.94 bits per heavy atom. The molecule has 3 aliphatic heterocycles. The molecule has 3 heterocycles. The zero-order valence-corrected chi connectivity index (χ0v) is 20.1. The van der Waals surface area contributed by atoms with Crippen molar-refractivity contribution in [1.82, 2.24) is 10.2 Å². The van der Waals surface area contributed by atoms with Gasteiger partial charge < -0.3 is 24.8 Å². The van der Waals surface area contributed by atoms with Crippen molar-refractivity contribution >= 4 is 35.5 Å². The van der Waals surface area contributed by atoms with Gasteiger partial charge in [-0.1, -0.05) is 26.2 Å². The summed E-state index contributed by atoms with van der Waals surface area (Å²) in [5.41, 5.74) is -0.420. The van der Waals surface area contributed by atoms with Gasteiger partial charge in [0.25, 0.3) is 0 Å². The number of ether oxygens (including phenoxy) is 2. The molecule has 10 heteroatoms. The molecule has 0 radical (unpaired) electrons. The van der Waals surface area contributed by atoms with Crippen molar-refractivity contribution in [1.29, 1.82) is 0 Å². The van der Waals surface area contributed by atoms with E-state index >= 15 is 0 Å². The molecule has 1 saturated carbocycles. The molecule has 4 rings (SSSR count). The lowest BCUT2D eigenvalue weighted by Gasteiger charge is -2.46. The van der Waals surface area contributed by atoms with Gasteiger partial charge in [-0.3, -0.25) is 14.4 Å². The van der Waals surface area contributed by atoms with Gasteiger partial charge in [-0.2, -0.15) is 0 Å². The number of hydrogen-bond donors (Lipinski definition) is 2. The van der Waals surface area contributed by atoms with E-state index in [4.69, 9.17) is 9.47 Å². The van der Waals surface area contributed by atoms with Crippen molar-refractivity contribution in [2.45, 2.75) is 76.7 Å². The first-order valence-corrected chi connectivity index (χ1v) is 12.5. The SMILES string of the molecule is C[C@@H](O)[C@H]1C(=O)N2C(C(=O)OCOC(=O)C3(C)CCCCC3)=C(SC3CNC(=O)C3)[C@H](C)[C@H]12. The van der Waals surface area contributed by atoms with Crippen LogP contribution in [0.3, 0.4) is 0 Å². The van der Waals surface area contributed by atoms with Gasteiger partial charge in [0.15, 0.2) is 0 Å². The topological polar surface area (TPSA) is 122 Å². The van der Waals surface area contributed by atoms with Crippen LogP contribution in [0.25, 0.3) is 0 Å². The minimum absolute atomic E-state index is 0.0489. The molecule has 2 N–H and O–H groups in total. The lowest BCUT2D eigenvalue weighted by molar-refractivity contribution is -0.177. The maximum Gasteiger partial charge on any atom is 0.358 e. The first kappa shape index (κ1) is 24.1. The molecule has 2 saturated heterocycles. The number of carbonyl (C=O) groups excluding carboxylic acids is 4. The fourth-order valence-electron chi connectivity index (χ4n) is 5.43. The summed E-state index contributed by atoms with van der Waals surface area (Å²) in [6.07, 6.45) is 4.04. The van der Waals surface area contributed by atoms with E-state index < -0.39 is 30.2 Å². The number of nitrogens with one attached hydrogen (secondary N) is 1. The summed E-state index contributed by atoms with van der Waals surface area (Å²) in [6, 6.07) is -0.337. The van der Waals surface area contributed by atoms with Gasteiger partial charge in [-0.05, 0) is 26.7 Å². The zero-order chi connectivity index (χ0) is 23.9. The molecule has 33 heavy (non-hydrogen) atoms. The number of amides is 2. The van der Waals surface area contributed by atoms with E-state index in [1.165, 1.54) is 16.7 Å². The van der Waals surface area contributed by atoms with Gasteiger partial charge in [0.05, 0.1) is 23.5 Å². The maximum atomic E-state index is 13.1. The second kappa shape index (κ2) is 9.29. The molecule has 1 aliphatic carbocycles. The van der Waals surface area contributed by atoms with Crippen LogP contribution < -0.4 is 5.32 Å². The van der Waals surface area contributed by atoms with Crippen LogP contribution in [0, 0.1) is 17.3 Å². The molecule has 2 amide bonds. The van der Waals surface area contributed by atoms with Crippen LogP contribution >= 0.6 is 11.8 Å². The Morgan fingerprint density at radius 1 is 1.24 bits per heavy atom. The number of rotatable bonds is 7. The van der Waals surface area contributed by atoms with Crippen molar-refractivity contribution in [3.8, 4) is 0 Å². The smallest absolute Gasteiger partial charge is 0.358 e. The van der Waals surface area contributed by atoms with E-state index in [0.29, 0.717) is 17.9 Å². The van der Waals surface area contributed by atoms with Crippen LogP contribution in [-0.4, -0.2) is 64.5 Å². The van der Waals surface area contributed by atoms with Gasteiger partial charge in [-0.15, -0.1) is 11.8 Å². The van der Waals surface area contributed by atoms with E-state index in [9.17, 15) is 24.3 Å². The molecule has 0 spiro atoms. The molecule has 0 aromatic rings. The molecule has 0 bridgehead atoms. The summed E-state index contributed by atoms with van der Waals surface area (Å²) in [5.74, 6) is -2.25. The fraction of sp³-hybridized carbons (Fsp3) is 0.739. The largest absolute Gasteiger partial charge is 0.427 e. The Balaban J connectivity index is 1.46. The lowest BCUT2D eigenvalue weighted by Crippen LogP contribution is -2.63. The van der Waals surface area contributed by atoms with E-state index in [-0.39, 0.29) is 40.7 Å². The van der Waals surface area contributed by atoms with Crippen molar-refractivity contribution in [2.75, 3.05) is 13.3 Å². The first-order chi connectivity index (χ1) is 15.6. The summed E-state index contributed by atoms with van der Waals surface area (Å²) in [6.45, 7) is 5.33. The minimum Gasteiger partial charge on any atom is -0.427 e. The highest BCUT2D eigenvalue weighted by Crippen LogP contribution is 2.52. The van der Waals surface area contributed by atoms with Crippen LogP contribution in [0.2, 0.25) is 0 Å². The molecule has 182 valence electrons. The highest BCUT2D eigenvalue weighted by molar-refractivity contribution is 8.03. The van der Waals surface area contributed by atoms with Crippen LogP contribution in [-0.2, 0) is 28.7 Å². The van der Waals surface area contributed by atoms with Gasteiger partial charge in [0, 0.05) is 29.0 Å². The van der Waals surface area contributed by atoms with Crippen molar-refractivity contribution in [2.24, 2.45) is 17.3 Å². The average molecular weight is 481 g/mol. The van der Waals surface area contributed by atoms with Crippen molar-refractivity contribution in [3.63, 3.8) is 0 Å². The molecule has 1 unspecified atom stereocenters. The molecule has 0 aromatic carbocycles. The van der Waals surface area contributed by atoms with E-state index in [1.807, 2.05) is 13.8 Å². The standard InChI is InChI=1S/C23H32N2O7S/c1-12-17-16(13(2)26)20(28)25(17)18(19(12)33-14-9-15(27)24-10-14)21(29)31-11-32-22(30)23(3)7-5-4-6-8-23/h12-14,16-17,26H,4-11H2,1-3H3,(H,24,27)/t12-,13-,14?,16-,17-/m1/s1. The number of hydrogen-bond acceptors (Lipinski definition) is 8. The normalized spacial score (nSPS) is 31.6. The van der Waals surface area contributed by atoms with Crippen molar-refractivity contribution in [3.05, 3.63) is 10.6 Å².